The highest BCUT2D eigenvalue weighted by atomic mass is 32.2. The molecule has 114 valence electrons. The molecule has 1 heterocycles. The first-order valence-electron chi connectivity index (χ1n) is 7.53. The van der Waals surface area contributed by atoms with Gasteiger partial charge in [-0.25, -0.2) is 0 Å². The fraction of sp³-hybridized carbons (Fsp3) is 0.333. The van der Waals surface area contributed by atoms with Gasteiger partial charge in [-0.2, -0.15) is 5.26 Å². The summed E-state index contributed by atoms with van der Waals surface area (Å²) in [6, 6.07) is 11.9. The van der Waals surface area contributed by atoms with E-state index in [9.17, 15) is 10.1 Å². The van der Waals surface area contributed by atoms with Gasteiger partial charge in [-0.1, -0.05) is 38.0 Å². The number of hydrogen-bond acceptors (Lipinski definition) is 3. The van der Waals surface area contributed by atoms with Crippen LogP contribution in [0.2, 0.25) is 0 Å². The first-order chi connectivity index (χ1) is 10.7. The predicted octanol–water partition coefficient (Wildman–Crippen LogP) is 4.50. The summed E-state index contributed by atoms with van der Waals surface area (Å²) in [5.74, 6) is 1.05. The Kier molecular flexibility index (Phi) is 5.85. The lowest BCUT2D eigenvalue weighted by molar-refractivity contribution is 0.778. The van der Waals surface area contributed by atoms with Gasteiger partial charge in [-0.15, -0.1) is 11.8 Å². The summed E-state index contributed by atoms with van der Waals surface area (Å²) < 4.78 is 0. The Morgan fingerprint density at radius 2 is 2.00 bits per heavy atom. The Hall–Kier alpha value is -1.99. The number of thioether (sulfide) groups is 1. The van der Waals surface area contributed by atoms with E-state index in [4.69, 9.17) is 0 Å². The van der Waals surface area contributed by atoms with E-state index in [0.29, 0.717) is 0 Å². The third-order valence-corrected chi connectivity index (χ3v) is 4.62. The molecule has 0 amide bonds. The number of unbranched alkanes of at least 4 members (excludes halogenated alkanes) is 2. The van der Waals surface area contributed by atoms with Gasteiger partial charge in [-0.3, -0.25) is 4.79 Å². The molecule has 1 aromatic heterocycles. The van der Waals surface area contributed by atoms with Crippen molar-refractivity contribution in [3.63, 3.8) is 0 Å². The van der Waals surface area contributed by atoms with E-state index in [-0.39, 0.29) is 11.1 Å². The average Bonchev–Trinajstić information content (AvgIpc) is 2.51. The van der Waals surface area contributed by atoms with Crippen molar-refractivity contribution in [1.82, 2.24) is 4.98 Å². The SMILES string of the molecule is CCCCCSc1ccccc1-c1cc(C)[nH]c(=O)c1C#N. The van der Waals surface area contributed by atoms with Crippen LogP contribution in [-0.2, 0) is 0 Å². The number of aromatic amines is 1. The van der Waals surface area contributed by atoms with E-state index in [1.165, 1.54) is 19.3 Å². The normalized spacial score (nSPS) is 10.4. The van der Waals surface area contributed by atoms with Crippen LogP contribution in [0.3, 0.4) is 0 Å². The largest absolute Gasteiger partial charge is 0.325 e. The maximum Gasteiger partial charge on any atom is 0.266 e. The molecule has 22 heavy (non-hydrogen) atoms. The van der Waals surface area contributed by atoms with E-state index in [1.807, 2.05) is 37.3 Å². The van der Waals surface area contributed by atoms with Gasteiger partial charge in [0.2, 0.25) is 0 Å². The first kappa shape index (κ1) is 16.4. The molecule has 2 rings (SSSR count). The highest BCUT2D eigenvalue weighted by Crippen LogP contribution is 2.33. The molecule has 0 fully saturated rings. The third-order valence-electron chi connectivity index (χ3n) is 3.46. The minimum absolute atomic E-state index is 0.187. The lowest BCUT2D eigenvalue weighted by atomic mass is 10.0. The maximum absolute atomic E-state index is 12.0. The van der Waals surface area contributed by atoms with E-state index < -0.39 is 0 Å². The first-order valence-corrected chi connectivity index (χ1v) is 8.52. The lowest BCUT2D eigenvalue weighted by Gasteiger charge is -2.11. The van der Waals surface area contributed by atoms with Gasteiger partial charge in [0, 0.05) is 16.2 Å². The second kappa shape index (κ2) is 7.86. The van der Waals surface area contributed by atoms with Crippen LogP contribution < -0.4 is 5.56 Å². The molecule has 0 unspecified atom stereocenters. The van der Waals surface area contributed by atoms with Crippen LogP contribution in [-0.4, -0.2) is 10.7 Å². The van der Waals surface area contributed by atoms with Crippen LogP contribution in [0.4, 0.5) is 0 Å². The summed E-state index contributed by atoms with van der Waals surface area (Å²) >= 11 is 1.79. The van der Waals surface area contributed by atoms with Crippen LogP contribution in [0.25, 0.3) is 11.1 Å². The molecule has 0 saturated heterocycles. The van der Waals surface area contributed by atoms with Gasteiger partial charge in [0.1, 0.15) is 11.6 Å². The number of aromatic nitrogens is 1. The Bertz CT molecular complexity index is 743. The molecule has 0 radical (unpaired) electrons. The van der Waals surface area contributed by atoms with Crippen molar-refractivity contribution in [3.8, 4) is 17.2 Å². The fourth-order valence-electron chi connectivity index (χ4n) is 2.36. The maximum atomic E-state index is 12.0. The van der Waals surface area contributed by atoms with Crippen molar-refractivity contribution in [2.24, 2.45) is 0 Å². The van der Waals surface area contributed by atoms with Crippen LogP contribution >= 0.6 is 11.8 Å². The van der Waals surface area contributed by atoms with Gasteiger partial charge >= 0.3 is 0 Å². The molecule has 0 spiro atoms. The molecular formula is C18H20N2OS. The van der Waals surface area contributed by atoms with Crippen molar-refractivity contribution in [3.05, 3.63) is 51.9 Å². The van der Waals surface area contributed by atoms with Crippen molar-refractivity contribution >= 4 is 11.8 Å². The minimum Gasteiger partial charge on any atom is -0.325 e. The van der Waals surface area contributed by atoms with Crippen molar-refractivity contribution in [2.45, 2.75) is 38.0 Å². The minimum atomic E-state index is -0.316. The highest BCUT2D eigenvalue weighted by molar-refractivity contribution is 7.99. The molecule has 0 aliphatic rings. The van der Waals surface area contributed by atoms with Crippen LogP contribution in [0, 0.1) is 18.3 Å². The summed E-state index contributed by atoms with van der Waals surface area (Å²) in [6.45, 7) is 4.03. The van der Waals surface area contributed by atoms with Gasteiger partial charge in [0.15, 0.2) is 0 Å². The third kappa shape index (κ3) is 3.80. The number of rotatable bonds is 6. The van der Waals surface area contributed by atoms with Gasteiger partial charge in [0.05, 0.1) is 0 Å². The molecule has 0 saturated carbocycles. The number of hydrogen-bond donors (Lipinski definition) is 1. The second-order valence-electron chi connectivity index (χ2n) is 5.23. The van der Waals surface area contributed by atoms with Crippen molar-refractivity contribution < 1.29 is 0 Å². The molecular weight excluding hydrogens is 292 g/mol. The molecule has 3 nitrogen and oxygen atoms in total. The summed E-state index contributed by atoms with van der Waals surface area (Å²) in [5.41, 5.74) is 2.33. The Labute approximate surface area is 135 Å². The van der Waals surface area contributed by atoms with Crippen molar-refractivity contribution in [1.29, 1.82) is 5.26 Å². The Balaban J connectivity index is 2.41. The van der Waals surface area contributed by atoms with Crippen LogP contribution in [0.15, 0.2) is 40.0 Å². The number of aryl methyl sites for hydroxylation is 1. The zero-order valence-electron chi connectivity index (χ0n) is 13.0. The summed E-state index contributed by atoms with van der Waals surface area (Å²) in [7, 11) is 0. The predicted molar refractivity (Wildman–Crippen MR) is 92.2 cm³/mol. The van der Waals surface area contributed by atoms with Crippen LogP contribution in [0.5, 0.6) is 0 Å². The van der Waals surface area contributed by atoms with Crippen LogP contribution in [0.1, 0.15) is 37.4 Å². The number of benzene rings is 1. The molecule has 0 aliphatic heterocycles. The van der Waals surface area contributed by atoms with Gasteiger partial charge in [-0.05, 0) is 36.8 Å². The Morgan fingerprint density at radius 3 is 2.73 bits per heavy atom. The van der Waals surface area contributed by atoms with Gasteiger partial charge < -0.3 is 4.98 Å². The fourth-order valence-corrected chi connectivity index (χ4v) is 3.44. The standard InChI is InChI=1S/C18H20N2OS/c1-3-4-7-10-22-17-9-6-5-8-14(17)15-11-13(2)20-18(21)16(15)12-19/h5-6,8-9,11H,3-4,7,10H2,1-2H3,(H,20,21). The smallest absolute Gasteiger partial charge is 0.266 e. The topological polar surface area (TPSA) is 56.6 Å². The second-order valence-corrected chi connectivity index (χ2v) is 6.37. The molecule has 4 heteroatoms. The number of nitrogens with zero attached hydrogens (tertiary/aromatic N) is 1. The molecule has 0 aliphatic carbocycles. The van der Waals surface area contributed by atoms with E-state index in [2.05, 4.69) is 18.0 Å². The summed E-state index contributed by atoms with van der Waals surface area (Å²) in [4.78, 5) is 15.8. The van der Waals surface area contributed by atoms with E-state index in [1.54, 1.807) is 11.8 Å². The quantitative estimate of drug-likeness (QED) is 0.631. The summed E-state index contributed by atoms with van der Waals surface area (Å²) in [6.07, 6.45) is 3.60. The molecule has 1 aromatic carbocycles. The average molecular weight is 312 g/mol. The number of nitrogens with one attached hydrogen (secondary N) is 1. The van der Waals surface area contributed by atoms with Gasteiger partial charge in [0.25, 0.3) is 5.56 Å². The number of H-pyrrole nitrogens is 1. The molecule has 1 N–H and O–H groups in total. The molecule has 0 atom stereocenters. The monoisotopic (exact) mass is 312 g/mol. The Morgan fingerprint density at radius 1 is 1.23 bits per heavy atom. The zero-order valence-corrected chi connectivity index (χ0v) is 13.8. The summed E-state index contributed by atoms with van der Waals surface area (Å²) in [5, 5.41) is 9.31. The van der Waals surface area contributed by atoms with E-state index >= 15 is 0 Å². The van der Waals surface area contributed by atoms with E-state index in [0.717, 1.165) is 27.5 Å². The number of nitriles is 1. The highest BCUT2D eigenvalue weighted by Gasteiger charge is 2.13. The number of pyridine rings is 1. The lowest BCUT2D eigenvalue weighted by Crippen LogP contribution is -2.12. The molecule has 0 bridgehead atoms. The zero-order chi connectivity index (χ0) is 15.9. The molecule has 2 aromatic rings. The van der Waals surface area contributed by atoms with Crippen molar-refractivity contribution in [2.75, 3.05) is 5.75 Å².